The SMILES string of the molecule is O=C(Cc1ccc(N2CCCC2=O)cc1)NC1CCC2CCCCC2C1. The summed E-state index contributed by atoms with van der Waals surface area (Å²) in [5.41, 5.74) is 1.97. The fourth-order valence-electron chi connectivity index (χ4n) is 5.18. The van der Waals surface area contributed by atoms with Gasteiger partial charge in [0, 0.05) is 24.7 Å². The topological polar surface area (TPSA) is 49.4 Å². The molecule has 140 valence electrons. The molecule has 3 unspecified atom stereocenters. The van der Waals surface area contributed by atoms with E-state index in [4.69, 9.17) is 0 Å². The van der Waals surface area contributed by atoms with E-state index in [1.165, 1.54) is 38.5 Å². The maximum atomic E-state index is 12.5. The first-order chi connectivity index (χ1) is 12.7. The molecule has 0 spiro atoms. The summed E-state index contributed by atoms with van der Waals surface area (Å²) in [4.78, 5) is 26.1. The van der Waals surface area contributed by atoms with E-state index in [-0.39, 0.29) is 11.8 Å². The maximum Gasteiger partial charge on any atom is 0.227 e. The second-order valence-electron chi connectivity index (χ2n) is 8.37. The fourth-order valence-corrected chi connectivity index (χ4v) is 5.18. The molecule has 3 aliphatic rings. The van der Waals surface area contributed by atoms with Crippen molar-refractivity contribution < 1.29 is 9.59 Å². The van der Waals surface area contributed by atoms with Gasteiger partial charge in [0.15, 0.2) is 0 Å². The lowest BCUT2D eigenvalue weighted by Gasteiger charge is -2.39. The number of hydrogen-bond acceptors (Lipinski definition) is 2. The first-order valence-electron chi connectivity index (χ1n) is 10.4. The van der Waals surface area contributed by atoms with Crippen LogP contribution in [-0.2, 0) is 16.0 Å². The Bertz CT molecular complexity index is 655. The molecule has 26 heavy (non-hydrogen) atoms. The predicted octanol–water partition coefficient (Wildman–Crippen LogP) is 3.83. The van der Waals surface area contributed by atoms with Crippen molar-refractivity contribution in [2.45, 2.75) is 70.3 Å². The molecule has 0 bridgehead atoms. The Labute approximate surface area is 156 Å². The van der Waals surface area contributed by atoms with Gasteiger partial charge in [0.05, 0.1) is 6.42 Å². The van der Waals surface area contributed by atoms with E-state index in [1.807, 2.05) is 29.2 Å². The molecule has 1 saturated heterocycles. The van der Waals surface area contributed by atoms with Gasteiger partial charge in [-0.15, -0.1) is 0 Å². The number of carbonyl (C=O) groups excluding carboxylic acids is 2. The number of amides is 2. The van der Waals surface area contributed by atoms with Gasteiger partial charge in [-0.2, -0.15) is 0 Å². The summed E-state index contributed by atoms with van der Waals surface area (Å²) in [7, 11) is 0. The Morgan fingerprint density at radius 2 is 1.77 bits per heavy atom. The molecule has 1 heterocycles. The lowest BCUT2D eigenvalue weighted by Crippen LogP contribution is -2.42. The molecule has 3 fully saturated rings. The summed E-state index contributed by atoms with van der Waals surface area (Å²) in [5.74, 6) is 2.08. The molecule has 2 saturated carbocycles. The lowest BCUT2D eigenvalue weighted by atomic mass is 9.69. The highest BCUT2D eigenvalue weighted by Gasteiger charge is 2.32. The van der Waals surface area contributed by atoms with Gasteiger partial charge in [0.1, 0.15) is 0 Å². The van der Waals surface area contributed by atoms with Crippen LogP contribution in [0.25, 0.3) is 0 Å². The van der Waals surface area contributed by atoms with E-state index in [1.54, 1.807) is 0 Å². The van der Waals surface area contributed by atoms with Crippen LogP contribution in [0.4, 0.5) is 5.69 Å². The highest BCUT2D eigenvalue weighted by atomic mass is 16.2. The number of nitrogens with zero attached hydrogens (tertiary/aromatic N) is 1. The average molecular weight is 354 g/mol. The Balaban J connectivity index is 1.28. The number of fused-ring (bicyclic) bond motifs is 1. The van der Waals surface area contributed by atoms with Crippen molar-refractivity contribution >= 4 is 17.5 Å². The molecular formula is C22H30N2O2. The zero-order chi connectivity index (χ0) is 17.9. The molecule has 1 aliphatic heterocycles. The molecule has 0 aromatic heterocycles. The summed E-state index contributed by atoms with van der Waals surface area (Å²) in [6.07, 6.45) is 11.1. The van der Waals surface area contributed by atoms with Gasteiger partial charge in [-0.1, -0.05) is 37.8 Å². The van der Waals surface area contributed by atoms with E-state index in [0.717, 1.165) is 42.5 Å². The van der Waals surface area contributed by atoms with Crippen LogP contribution in [-0.4, -0.2) is 24.4 Å². The third-order valence-corrected chi connectivity index (χ3v) is 6.59. The van der Waals surface area contributed by atoms with Crippen LogP contribution in [0, 0.1) is 11.8 Å². The van der Waals surface area contributed by atoms with Crippen molar-refractivity contribution in [3.05, 3.63) is 29.8 Å². The van der Waals surface area contributed by atoms with E-state index in [0.29, 0.717) is 18.9 Å². The fraction of sp³-hybridized carbons (Fsp3) is 0.636. The number of carbonyl (C=O) groups is 2. The Kier molecular flexibility index (Phi) is 5.28. The molecule has 2 aliphatic carbocycles. The average Bonchev–Trinajstić information content (AvgIpc) is 3.08. The number of benzene rings is 1. The van der Waals surface area contributed by atoms with E-state index in [9.17, 15) is 9.59 Å². The zero-order valence-electron chi connectivity index (χ0n) is 15.6. The van der Waals surface area contributed by atoms with Crippen molar-refractivity contribution in [2.24, 2.45) is 11.8 Å². The molecule has 3 atom stereocenters. The van der Waals surface area contributed by atoms with Crippen LogP contribution in [0.3, 0.4) is 0 Å². The number of anilines is 1. The van der Waals surface area contributed by atoms with Gasteiger partial charge in [0.25, 0.3) is 0 Å². The van der Waals surface area contributed by atoms with Crippen LogP contribution in [0.15, 0.2) is 24.3 Å². The largest absolute Gasteiger partial charge is 0.353 e. The van der Waals surface area contributed by atoms with Gasteiger partial charge in [-0.3, -0.25) is 9.59 Å². The molecule has 1 aromatic carbocycles. The molecule has 1 aromatic rings. The molecular weight excluding hydrogens is 324 g/mol. The predicted molar refractivity (Wildman–Crippen MR) is 103 cm³/mol. The minimum atomic E-state index is 0.134. The molecule has 0 radical (unpaired) electrons. The summed E-state index contributed by atoms with van der Waals surface area (Å²) in [6.45, 7) is 0.808. The number of nitrogens with one attached hydrogen (secondary N) is 1. The van der Waals surface area contributed by atoms with Crippen LogP contribution in [0.5, 0.6) is 0 Å². The van der Waals surface area contributed by atoms with E-state index in [2.05, 4.69) is 5.32 Å². The number of rotatable bonds is 4. The van der Waals surface area contributed by atoms with Crippen molar-refractivity contribution in [1.29, 1.82) is 0 Å². The summed E-state index contributed by atoms with van der Waals surface area (Å²) in [5, 5.41) is 3.27. The quantitative estimate of drug-likeness (QED) is 0.893. The minimum Gasteiger partial charge on any atom is -0.353 e. The Morgan fingerprint density at radius 3 is 2.50 bits per heavy atom. The van der Waals surface area contributed by atoms with Crippen LogP contribution < -0.4 is 10.2 Å². The summed E-state index contributed by atoms with van der Waals surface area (Å²) < 4.78 is 0. The van der Waals surface area contributed by atoms with Gasteiger partial charge >= 0.3 is 0 Å². The molecule has 4 heteroatoms. The number of hydrogen-bond donors (Lipinski definition) is 1. The van der Waals surface area contributed by atoms with E-state index >= 15 is 0 Å². The highest BCUT2D eigenvalue weighted by molar-refractivity contribution is 5.95. The van der Waals surface area contributed by atoms with Gasteiger partial charge < -0.3 is 10.2 Å². The van der Waals surface area contributed by atoms with Crippen molar-refractivity contribution in [3.8, 4) is 0 Å². The van der Waals surface area contributed by atoms with Crippen molar-refractivity contribution in [3.63, 3.8) is 0 Å². The molecule has 2 amide bonds. The Morgan fingerprint density at radius 1 is 1.00 bits per heavy atom. The normalized spacial score (nSPS) is 28.7. The van der Waals surface area contributed by atoms with Crippen molar-refractivity contribution in [2.75, 3.05) is 11.4 Å². The standard InChI is InChI=1S/C22H30N2O2/c25-21(23-19-10-9-17-4-1-2-5-18(17)15-19)14-16-7-11-20(12-8-16)24-13-3-6-22(24)26/h7-8,11-12,17-19H,1-6,9-10,13-15H2,(H,23,25). The first-order valence-corrected chi connectivity index (χ1v) is 10.4. The smallest absolute Gasteiger partial charge is 0.227 e. The summed E-state index contributed by atoms with van der Waals surface area (Å²) >= 11 is 0. The lowest BCUT2D eigenvalue weighted by molar-refractivity contribution is -0.121. The second kappa shape index (κ2) is 7.81. The molecule has 4 nitrogen and oxygen atoms in total. The highest BCUT2D eigenvalue weighted by Crippen LogP contribution is 2.40. The monoisotopic (exact) mass is 354 g/mol. The van der Waals surface area contributed by atoms with Crippen LogP contribution >= 0.6 is 0 Å². The van der Waals surface area contributed by atoms with Crippen molar-refractivity contribution in [1.82, 2.24) is 5.32 Å². The second-order valence-corrected chi connectivity index (χ2v) is 8.37. The molecule has 1 N–H and O–H groups in total. The zero-order valence-corrected chi connectivity index (χ0v) is 15.6. The minimum absolute atomic E-state index is 0.134. The third-order valence-electron chi connectivity index (χ3n) is 6.59. The van der Waals surface area contributed by atoms with Crippen LogP contribution in [0.2, 0.25) is 0 Å². The Hall–Kier alpha value is -1.84. The van der Waals surface area contributed by atoms with Gasteiger partial charge in [-0.25, -0.2) is 0 Å². The van der Waals surface area contributed by atoms with Gasteiger partial charge in [0.2, 0.25) is 11.8 Å². The first kappa shape index (κ1) is 17.6. The van der Waals surface area contributed by atoms with Crippen LogP contribution in [0.1, 0.15) is 63.4 Å². The van der Waals surface area contributed by atoms with Gasteiger partial charge in [-0.05, 0) is 55.2 Å². The molecule has 4 rings (SSSR count). The maximum absolute atomic E-state index is 12.5. The third kappa shape index (κ3) is 3.94. The van der Waals surface area contributed by atoms with E-state index < -0.39 is 0 Å². The summed E-state index contributed by atoms with van der Waals surface area (Å²) in [6, 6.07) is 8.28.